The monoisotopic (exact) mass is 398 g/mol. The molecule has 1 atom stereocenters. The van der Waals surface area contributed by atoms with Gasteiger partial charge in [-0.15, -0.1) is 0 Å². The Hall–Kier alpha value is -4.08. The van der Waals surface area contributed by atoms with Crippen molar-refractivity contribution in [1.82, 2.24) is 10.2 Å². The predicted molar refractivity (Wildman–Crippen MR) is 101 cm³/mol. The third-order valence-electron chi connectivity index (χ3n) is 3.93. The first-order valence-electron chi connectivity index (χ1n) is 8.42. The molecule has 0 unspecified atom stereocenters. The van der Waals surface area contributed by atoms with Gasteiger partial charge in [-0.25, -0.2) is 4.79 Å². The number of nitrogens with zero attached hydrogens (tertiary/aromatic N) is 2. The molecular weight excluding hydrogens is 383 g/mol. The van der Waals surface area contributed by atoms with Gasteiger partial charge in [-0.2, -0.15) is 9.49 Å². The molecule has 29 heavy (non-hydrogen) atoms. The molecule has 1 heterocycles. The SMILES string of the molecule is C[C@H](OC(=O)c1cc(-c2ccccc2)n[nH]1)C(=O)Nc1ccc(F)c([N+](=O)[O-])c1. The number of rotatable bonds is 6. The third kappa shape index (κ3) is 4.61. The van der Waals surface area contributed by atoms with Crippen LogP contribution in [0, 0.1) is 15.9 Å². The minimum Gasteiger partial charge on any atom is -0.448 e. The van der Waals surface area contributed by atoms with Crippen LogP contribution >= 0.6 is 0 Å². The number of amides is 1. The fourth-order valence-corrected chi connectivity index (χ4v) is 2.43. The molecule has 0 aliphatic rings. The number of carbonyl (C=O) groups is 2. The van der Waals surface area contributed by atoms with Gasteiger partial charge in [-0.05, 0) is 25.1 Å². The van der Waals surface area contributed by atoms with E-state index in [-0.39, 0.29) is 11.4 Å². The largest absolute Gasteiger partial charge is 0.448 e. The molecule has 0 saturated carbocycles. The molecule has 0 fully saturated rings. The summed E-state index contributed by atoms with van der Waals surface area (Å²) < 4.78 is 18.5. The molecule has 0 saturated heterocycles. The van der Waals surface area contributed by atoms with Crippen LogP contribution in [0.1, 0.15) is 17.4 Å². The van der Waals surface area contributed by atoms with Gasteiger partial charge in [0.15, 0.2) is 6.10 Å². The molecule has 3 aromatic rings. The smallest absolute Gasteiger partial charge is 0.357 e. The third-order valence-corrected chi connectivity index (χ3v) is 3.93. The highest BCUT2D eigenvalue weighted by molar-refractivity contribution is 5.97. The Balaban J connectivity index is 1.64. The van der Waals surface area contributed by atoms with E-state index in [1.165, 1.54) is 13.0 Å². The predicted octanol–water partition coefficient (Wildman–Crippen LogP) is 3.31. The highest BCUT2D eigenvalue weighted by Crippen LogP contribution is 2.22. The van der Waals surface area contributed by atoms with Gasteiger partial charge in [0, 0.05) is 17.3 Å². The fraction of sp³-hybridized carbons (Fsp3) is 0.105. The number of ether oxygens (including phenoxy) is 1. The Bertz CT molecular complexity index is 1070. The van der Waals surface area contributed by atoms with E-state index in [1.807, 2.05) is 30.3 Å². The Kier molecular flexibility index (Phi) is 5.63. The standard InChI is InChI=1S/C19H15FN4O5/c1-11(18(25)21-13-7-8-14(20)17(9-13)24(27)28)29-19(26)16-10-15(22-23-16)12-5-3-2-4-6-12/h2-11H,1H3,(H,21,25)(H,22,23)/t11-/m0/s1. The molecule has 0 spiro atoms. The van der Waals surface area contributed by atoms with E-state index in [1.54, 1.807) is 0 Å². The summed E-state index contributed by atoms with van der Waals surface area (Å²) in [4.78, 5) is 34.3. The van der Waals surface area contributed by atoms with Crippen molar-refractivity contribution in [3.63, 3.8) is 0 Å². The molecular formula is C19H15FN4O5. The van der Waals surface area contributed by atoms with Crippen molar-refractivity contribution in [2.45, 2.75) is 13.0 Å². The lowest BCUT2D eigenvalue weighted by atomic mass is 10.1. The summed E-state index contributed by atoms with van der Waals surface area (Å²) in [5.41, 5.74) is 0.609. The zero-order chi connectivity index (χ0) is 21.0. The number of hydrogen-bond acceptors (Lipinski definition) is 6. The lowest BCUT2D eigenvalue weighted by Gasteiger charge is -2.12. The number of nitro groups is 1. The van der Waals surface area contributed by atoms with Crippen molar-refractivity contribution in [3.05, 3.63) is 76.2 Å². The average Bonchev–Trinajstić information content (AvgIpc) is 3.20. The lowest BCUT2D eigenvalue weighted by Crippen LogP contribution is -2.30. The van der Waals surface area contributed by atoms with E-state index in [9.17, 15) is 24.1 Å². The van der Waals surface area contributed by atoms with Crippen molar-refractivity contribution >= 4 is 23.3 Å². The molecule has 3 rings (SSSR count). The number of nitro benzene ring substituents is 1. The summed E-state index contributed by atoms with van der Waals surface area (Å²) in [6.45, 7) is 1.33. The number of aromatic nitrogens is 2. The molecule has 148 valence electrons. The van der Waals surface area contributed by atoms with Gasteiger partial charge in [0.1, 0.15) is 5.69 Å². The zero-order valence-corrected chi connectivity index (χ0v) is 15.1. The van der Waals surface area contributed by atoms with E-state index < -0.39 is 34.4 Å². The van der Waals surface area contributed by atoms with Crippen molar-refractivity contribution < 1.29 is 23.6 Å². The van der Waals surface area contributed by atoms with E-state index in [0.717, 1.165) is 23.8 Å². The van der Waals surface area contributed by atoms with Crippen LogP contribution in [0.5, 0.6) is 0 Å². The van der Waals surface area contributed by atoms with Crippen LogP contribution in [-0.4, -0.2) is 33.1 Å². The molecule has 0 bridgehead atoms. The van der Waals surface area contributed by atoms with Gasteiger partial charge in [-0.1, -0.05) is 30.3 Å². The second kappa shape index (κ2) is 8.30. The lowest BCUT2D eigenvalue weighted by molar-refractivity contribution is -0.387. The summed E-state index contributed by atoms with van der Waals surface area (Å²) in [5.74, 6) is -2.56. The number of nitrogens with one attached hydrogen (secondary N) is 2. The summed E-state index contributed by atoms with van der Waals surface area (Å²) in [5, 5.41) is 19.7. The number of H-pyrrole nitrogens is 1. The second-order valence-corrected chi connectivity index (χ2v) is 5.99. The number of hydrogen-bond donors (Lipinski definition) is 2. The average molecular weight is 398 g/mol. The van der Waals surface area contributed by atoms with Gasteiger partial charge in [0.2, 0.25) is 5.82 Å². The minimum absolute atomic E-state index is 0.00102. The first-order chi connectivity index (χ1) is 13.8. The topological polar surface area (TPSA) is 127 Å². The quantitative estimate of drug-likeness (QED) is 0.373. The molecule has 9 nitrogen and oxygen atoms in total. The molecule has 10 heteroatoms. The number of halogens is 1. The maximum Gasteiger partial charge on any atom is 0.357 e. The Morgan fingerprint density at radius 2 is 1.93 bits per heavy atom. The fourth-order valence-electron chi connectivity index (χ4n) is 2.43. The van der Waals surface area contributed by atoms with E-state index in [4.69, 9.17) is 4.74 Å². The molecule has 1 aromatic heterocycles. The van der Waals surface area contributed by atoms with Crippen LogP contribution in [0.25, 0.3) is 11.3 Å². The molecule has 2 N–H and O–H groups in total. The number of esters is 1. The summed E-state index contributed by atoms with van der Waals surface area (Å²) in [6.07, 6.45) is -1.21. The van der Waals surface area contributed by atoms with Gasteiger partial charge >= 0.3 is 11.7 Å². The first-order valence-corrected chi connectivity index (χ1v) is 8.42. The zero-order valence-electron chi connectivity index (χ0n) is 15.1. The van der Waals surface area contributed by atoms with Crippen LogP contribution < -0.4 is 5.32 Å². The van der Waals surface area contributed by atoms with Gasteiger partial charge < -0.3 is 10.1 Å². The van der Waals surface area contributed by atoms with Crippen LogP contribution in [0.3, 0.4) is 0 Å². The number of anilines is 1. The van der Waals surface area contributed by atoms with Crippen molar-refractivity contribution in [2.75, 3.05) is 5.32 Å². The van der Waals surface area contributed by atoms with Crippen molar-refractivity contribution in [2.24, 2.45) is 0 Å². The molecule has 1 amide bonds. The van der Waals surface area contributed by atoms with Crippen LogP contribution in [-0.2, 0) is 9.53 Å². The molecule has 0 aliphatic heterocycles. The van der Waals surface area contributed by atoms with Crippen LogP contribution in [0.15, 0.2) is 54.6 Å². The van der Waals surface area contributed by atoms with Gasteiger partial charge in [0.05, 0.1) is 10.6 Å². The highest BCUT2D eigenvalue weighted by atomic mass is 19.1. The van der Waals surface area contributed by atoms with E-state index >= 15 is 0 Å². The number of carbonyl (C=O) groups excluding carboxylic acids is 2. The second-order valence-electron chi connectivity index (χ2n) is 5.99. The van der Waals surface area contributed by atoms with E-state index in [0.29, 0.717) is 5.69 Å². The maximum atomic E-state index is 13.4. The van der Waals surface area contributed by atoms with E-state index in [2.05, 4.69) is 15.5 Å². The Labute approximate surface area is 163 Å². The number of benzene rings is 2. The molecule has 2 aromatic carbocycles. The highest BCUT2D eigenvalue weighted by Gasteiger charge is 2.22. The van der Waals surface area contributed by atoms with Gasteiger partial charge in [-0.3, -0.25) is 20.0 Å². The van der Waals surface area contributed by atoms with Crippen molar-refractivity contribution in [1.29, 1.82) is 0 Å². The summed E-state index contributed by atoms with van der Waals surface area (Å²) in [6, 6.07) is 13.5. The summed E-state index contributed by atoms with van der Waals surface area (Å²) in [7, 11) is 0. The maximum absolute atomic E-state index is 13.4. The first kappa shape index (κ1) is 19.7. The molecule has 0 aliphatic carbocycles. The molecule has 0 radical (unpaired) electrons. The minimum atomic E-state index is -1.21. The van der Waals surface area contributed by atoms with Crippen LogP contribution in [0.2, 0.25) is 0 Å². The van der Waals surface area contributed by atoms with Gasteiger partial charge in [0.25, 0.3) is 5.91 Å². The Morgan fingerprint density at radius 1 is 1.21 bits per heavy atom. The number of aromatic amines is 1. The van der Waals surface area contributed by atoms with Crippen molar-refractivity contribution in [3.8, 4) is 11.3 Å². The summed E-state index contributed by atoms with van der Waals surface area (Å²) >= 11 is 0. The Morgan fingerprint density at radius 3 is 2.62 bits per heavy atom. The van der Waals surface area contributed by atoms with Crippen LogP contribution in [0.4, 0.5) is 15.8 Å². The normalized spacial score (nSPS) is 11.5.